The second-order valence-corrected chi connectivity index (χ2v) is 6.36. The van der Waals surface area contributed by atoms with Crippen LogP contribution in [0.5, 0.6) is 0 Å². The first-order valence-electron chi connectivity index (χ1n) is 8.95. The van der Waals surface area contributed by atoms with Crippen molar-refractivity contribution in [1.29, 1.82) is 5.26 Å². The molecule has 0 saturated carbocycles. The number of anilines is 2. The lowest BCUT2D eigenvalue weighted by atomic mass is 10.0. The van der Waals surface area contributed by atoms with Crippen molar-refractivity contribution in [1.82, 2.24) is 4.98 Å². The molecule has 0 bridgehead atoms. The fourth-order valence-corrected chi connectivity index (χ4v) is 2.84. The van der Waals surface area contributed by atoms with Crippen LogP contribution in [0.2, 0.25) is 0 Å². The molecule has 154 valence electrons. The topological polar surface area (TPSA) is 132 Å². The molecule has 9 heteroatoms. The van der Waals surface area contributed by atoms with Gasteiger partial charge in [-0.15, -0.1) is 0 Å². The Morgan fingerprint density at radius 2 is 1.81 bits per heavy atom. The summed E-state index contributed by atoms with van der Waals surface area (Å²) >= 11 is 0. The molecule has 0 unspecified atom stereocenters. The predicted molar refractivity (Wildman–Crippen MR) is 110 cm³/mol. The van der Waals surface area contributed by atoms with E-state index >= 15 is 0 Å². The Balaban J connectivity index is 1.85. The number of nitriles is 1. The molecule has 0 radical (unpaired) electrons. The fraction of sp³-hybridized carbons (Fsp3) is 0.0455. The zero-order valence-electron chi connectivity index (χ0n) is 15.9. The Morgan fingerprint density at radius 1 is 1.03 bits per heavy atom. The first-order chi connectivity index (χ1) is 14.9. The summed E-state index contributed by atoms with van der Waals surface area (Å²) in [5, 5.41) is 22.5. The van der Waals surface area contributed by atoms with Crippen LogP contribution in [-0.2, 0) is 4.79 Å². The number of halogens is 1. The minimum atomic E-state index is -1.36. The maximum Gasteiger partial charge on any atom is 0.409 e. The second-order valence-electron chi connectivity index (χ2n) is 6.36. The molecule has 0 saturated heterocycles. The fourth-order valence-electron chi connectivity index (χ4n) is 2.84. The number of rotatable bonds is 6. The van der Waals surface area contributed by atoms with Crippen LogP contribution in [0.1, 0.15) is 22.5 Å². The number of ketones is 1. The summed E-state index contributed by atoms with van der Waals surface area (Å²) in [6.07, 6.45) is -0.618. The van der Waals surface area contributed by atoms with Crippen LogP contribution in [0.25, 0.3) is 11.1 Å². The Labute approximate surface area is 176 Å². The number of hydrogen-bond donors (Lipinski definition) is 3. The molecule has 3 aromatic rings. The SMILES string of the molecule is N#Cc1cc(C(=O)CC(=O)Nc2cc(-c3ccccc3F)ccc2NC(=O)O)ccn1. The predicted octanol–water partition coefficient (Wildman–Crippen LogP) is 4.06. The van der Waals surface area contributed by atoms with Crippen LogP contribution < -0.4 is 10.6 Å². The molecule has 0 fully saturated rings. The monoisotopic (exact) mass is 418 g/mol. The molecule has 0 aliphatic carbocycles. The van der Waals surface area contributed by atoms with Crippen LogP contribution in [0.15, 0.2) is 60.8 Å². The third-order valence-electron chi connectivity index (χ3n) is 4.24. The lowest BCUT2D eigenvalue weighted by Gasteiger charge is -2.13. The molecule has 2 amide bonds. The van der Waals surface area contributed by atoms with Gasteiger partial charge in [0.2, 0.25) is 5.91 Å². The molecule has 3 N–H and O–H groups in total. The highest BCUT2D eigenvalue weighted by Gasteiger charge is 2.16. The second kappa shape index (κ2) is 9.28. The quantitative estimate of drug-likeness (QED) is 0.408. The standard InChI is InChI=1S/C22H15FN4O4/c23-17-4-2-1-3-16(17)13-5-6-18(27-22(30)31)19(10-13)26-21(29)11-20(28)14-7-8-25-15(9-14)12-24/h1-10,27H,11H2,(H,26,29)(H,30,31). The van der Waals surface area contributed by atoms with Crippen molar-refractivity contribution >= 4 is 29.2 Å². The molecule has 8 nitrogen and oxygen atoms in total. The molecule has 31 heavy (non-hydrogen) atoms. The summed E-state index contributed by atoms with van der Waals surface area (Å²) in [6.45, 7) is 0. The van der Waals surface area contributed by atoms with E-state index in [4.69, 9.17) is 10.4 Å². The van der Waals surface area contributed by atoms with Crippen molar-refractivity contribution in [2.24, 2.45) is 0 Å². The minimum absolute atomic E-state index is 0.0387. The van der Waals surface area contributed by atoms with Gasteiger partial charge in [-0.25, -0.2) is 14.2 Å². The lowest BCUT2D eigenvalue weighted by molar-refractivity contribution is -0.115. The van der Waals surface area contributed by atoms with Crippen LogP contribution in [-0.4, -0.2) is 27.9 Å². The molecule has 1 heterocycles. The molecule has 0 aliphatic rings. The maximum atomic E-state index is 14.1. The van der Waals surface area contributed by atoms with E-state index in [1.165, 1.54) is 48.7 Å². The van der Waals surface area contributed by atoms with Gasteiger partial charge >= 0.3 is 6.09 Å². The number of carbonyl (C=O) groups is 3. The van der Waals surface area contributed by atoms with Gasteiger partial charge in [0.05, 0.1) is 17.8 Å². The van der Waals surface area contributed by atoms with Crippen LogP contribution in [0.4, 0.5) is 20.6 Å². The molecule has 3 rings (SSSR count). The molecule has 1 aromatic heterocycles. The van der Waals surface area contributed by atoms with E-state index in [0.717, 1.165) is 0 Å². The van der Waals surface area contributed by atoms with E-state index in [-0.39, 0.29) is 28.2 Å². The van der Waals surface area contributed by atoms with Crippen molar-refractivity contribution < 1.29 is 23.9 Å². The average molecular weight is 418 g/mol. The van der Waals surface area contributed by atoms with E-state index in [2.05, 4.69) is 15.6 Å². The Morgan fingerprint density at radius 3 is 2.52 bits per heavy atom. The number of carboxylic acid groups (broad SMARTS) is 1. The number of amides is 2. The largest absolute Gasteiger partial charge is 0.465 e. The number of carbonyl (C=O) groups excluding carboxylic acids is 2. The summed E-state index contributed by atoms with van der Waals surface area (Å²) in [4.78, 5) is 39.6. The van der Waals surface area contributed by atoms with Gasteiger partial charge in [-0.2, -0.15) is 5.26 Å². The van der Waals surface area contributed by atoms with Crippen LogP contribution in [0, 0.1) is 17.1 Å². The number of nitrogens with one attached hydrogen (secondary N) is 2. The average Bonchev–Trinajstić information content (AvgIpc) is 2.75. The number of pyridine rings is 1. The third-order valence-corrected chi connectivity index (χ3v) is 4.24. The van der Waals surface area contributed by atoms with Gasteiger partial charge in [-0.05, 0) is 35.9 Å². The van der Waals surface area contributed by atoms with Crippen molar-refractivity contribution in [3.63, 3.8) is 0 Å². The van der Waals surface area contributed by atoms with Crippen molar-refractivity contribution in [2.45, 2.75) is 6.42 Å². The minimum Gasteiger partial charge on any atom is -0.465 e. The summed E-state index contributed by atoms with van der Waals surface area (Å²) in [7, 11) is 0. The van der Waals surface area contributed by atoms with Crippen molar-refractivity contribution in [2.75, 3.05) is 10.6 Å². The highest BCUT2D eigenvalue weighted by Crippen LogP contribution is 2.30. The number of nitrogens with zero attached hydrogens (tertiary/aromatic N) is 2. The molecule has 0 aliphatic heterocycles. The van der Waals surface area contributed by atoms with Crippen molar-refractivity contribution in [3.8, 4) is 17.2 Å². The first-order valence-corrected chi connectivity index (χ1v) is 8.95. The normalized spacial score (nSPS) is 10.1. The smallest absolute Gasteiger partial charge is 0.409 e. The maximum absolute atomic E-state index is 14.1. The summed E-state index contributed by atoms with van der Waals surface area (Å²) in [6, 6.07) is 14.8. The van der Waals surface area contributed by atoms with Crippen LogP contribution >= 0.6 is 0 Å². The van der Waals surface area contributed by atoms with Gasteiger partial charge in [0, 0.05) is 17.3 Å². The number of benzene rings is 2. The number of hydrogen-bond acceptors (Lipinski definition) is 5. The highest BCUT2D eigenvalue weighted by atomic mass is 19.1. The Kier molecular flexibility index (Phi) is 6.33. The lowest BCUT2D eigenvalue weighted by Crippen LogP contribution is -2.18. The van der Waals surface area contributed by atoms with Crippen LogP contribution in [0.3, 0.4) is 0 Å². The molecule has 2 aromatic carbocycles. The highest BCUT2D eigenvalue weighted by molar-refractivity contribution is 6.12. The van der Waals surface area contributed by atoms with Gasteiger partial charge in [-0.3, -0.25) is 14.9 Å². The van der Waals surface area contributed by atoms with E-state index < -0.39 is 30.0 Å². The van der Waals surface area contributed by atoms with Gasteiger partial charge in [0.1, 0.15) is 17.6 Å². The number of aromatic nitrogens is 1. The summed E-state index contributed by atoms with van der Waals surface area (Å²) < 4.78 is 14.1. The zero-order chi connectivity index (χ0) is 22.4. The number of Topliss-reactive ketones (excluding diaryl/α,β-unsaturated/α-hetero) is 1. The van der Waals surface area contributed by atoms with E-state index in [0.29, 0.717) is 5.56 Å². The molecule has 0 atom stereocenters. The Bertz CT molecular complexity index is 1220. The summed E-state index contributed by atoms with van der Waals surface area (Å²) in [5.41, 5.74) is 0.972. The van der Waals surface area contributed by atoms with E-state index in [9.17, 15) is 18.8 Å². The molecular weight excluding hydrogens is 403 g/mol. The first kappa shape index (κ1) is 21.1. The Hall–Kier alpha value is -4.58. The third kappa shape index (κ3) is 5.27. The zero-order valence-corrected chi connectivity index (χ0v) is 15.9. The van der Waals surface area contributed by atoms with Gasteiger partial charge in [0.25, 0.3) is 0 Å². The van der Waals surface area contributed by atoms with Crippen molar-refractivity contribution in [3.05, 3.63) is 77.9 Å². The van der Waals surface area contributed by atoms with Gasteiger partial charge in [-0.1, -0.05) is 24.3 Å². The van der Waals surface area contributed by atoms with E-state index in [1.54, 1.807) is 12.1 Å². The molecule has 0 spiro atoms. The van der Waals surface area contributed by atoms with Gasteiger partial charge in [0.15, 0.2) is 5.78 Å². The van der Waals surface area contributed by atoms with Gasteiger partial charge < -0.3 is 10.4 Å². The molecular formula is C22H15FN4O4. The van der Waals surface area contributed by atoms with E-state index in [1.807, 2.05) is 6.07 Å². The summed E-state index contributed by atoms with van der Waals surface area (Å²) in [5.74, 6) is -1.74.